The maximum absolute atomic E-state index is 4.39. The highest BCUT2D eigenvalue weighted by molar-refractivity contribution is 5.17. The van der Waals surface area contributed by atoms with Crippen molar-refractivity contribution in [2.75, 3.05) is 0 Å². The van der Waals surface area contributed by atoms with Crippen LogP contribution >= 0.6 is 0 Å². The predicted molar refractivity (Wildman–Crippen MR) is 64.8 cm³/mol. The number of nitrogens with zero attached hydrogens (tertiary/aromatic N) is 1. The fourth-order valence-electron chi connectivity index (χ4n) is 1.50. The summed E-state index contributed by atoms with van der Waals surface area (Å²) in [4.78, 5) is 4.39. The van der Waals surface area contributed by atoms with E-state index in [1.807, 2.05) is 12.3 Å². The number of rotatable bonds is 5. The third-order valence-corrected chi connectivity index (χ3v) is 3.36. The normalized spacial score (nSPS) is 11.7. The number of hydrogen-bond acceptors (Lipinski definition) is 2. The predicted octanol–water partition coefficient (Wildman–Crippen LogP) is 3.06. The van der Waals surface area contributed by atoms with Gasteiger partial charge in [0.2, 0.25) is 0 Å². The number of nitrogens with one attached hydrogen (secondary N) is 1. The van der Waals surface area contributed by atoms with Gasteiger partial charge in [0.15, 0.2) is 0 Å². The Kier molecular flexibility index (Phi) is 4.28. The molecule has 0 saturated carbocycles. The van der Waals surface area contributed by atoms with E-state index in [9.17, 15) is 0 Å². The third-order valence-electron chi connectivity index (χ3n) is 3.36. The van der Waals surface area contributed by atoms with E-state index in [-0.39, 0.29) is 5.54 Å². The van der Waals surface area contributed by atoms with E-state index in [0.717, 1.165) is 25.1 Å². The zero-order valence-electron chi connectivity index (χ0n) is 10.3. The van der Waals surface area contributed by atoms with E-state index in [0.29, 0.717) is 0 Å². The molecule has 0 aliphatic carbocycles. The van der Waals surface area contributed by atoms with Crippen LogP contribution in [0.15, 0.2) is 18.3 Å². The summed E-state index contributed by atoms with van der Waals surface area (Å²) in [5, 5.41) is 3.59. The van der Waals surface area contributed by atoms with Crippen LogP contribution in [0.5, 0.6) is 0 Å². The van der Waals surface area contributed by atoms with Crippen LogP contribution in [0.4, 0.5) is 0 Å². The highest BCUT2D eigenvalue weighted by atomic mass is 15.0. The van der Waals surface area contributed by atoms with Gasteiger partial charge in [0.1, 0.15) is 0 Å². The molecule has 15 heavy (non-hydrogen) atoms. The van der Waals surface area contributed by atoms with E-state index in [4.69, 9.17) is 0 Å². The average Bonchev–Trinajstić information content (AvgIpc) is 2.28. The van der Waals surface area contributed by atoms with Gasteiger partial charge in [-0.25, -0.2) is 0 Å². The molecule has 84 valence electrons. The molecule has 0 spiro atoms. The maximum atomic E-state index is 4.39. The van der Waals surface area contributed by atoms with Gasteiger partial charge in [-0.15, -0.1) is 0 Å². The molecule has 0 saturated heterocycles. The zero-order chi connectivity index (χ0) is 11.3. The Balaban J connectivity index is 2.61. The number of aryl methyl sites for hydroxylation is 1. The first-order valence-electron chi connectivity index (χ1n) is 5.77. The van der Waals surface area contributed by atoms with Crippen LogP contribution in [0, 0.1) is 6.92 Å². The molecule has 1 heterocycles. The molecule has 0 aliphatic rings. The molecular formula is C13H22N2. The van der Waals surface area contributed by atoms with Crippen molar-refractivity contribution in [3.8, 4) is 0 Å². The van der Waals surface area contributed by atoms with Crippen LogP contribution in [-0.4, -0.2) is 10.5 Å². The zero-order valence-corrected chi connectivity index (χ0v) is 10.3. The number of pyridine rings is 1. The molecule has 0 aromatic carbocycles. The lowest BCUT2D eigenvalue weighted by atomic mass is 9.95. The van der Waals surface area contributed by atoms with Crippen molar-refractivity contribution in [3.63, 3.8) is 0 Å². The van der Waals surface area contributed by atoms with Crippen molar-refractivity contribution in [3.05, 3.63) is 29.6 Å². The summed E-state index contributed by atoms with van der Waals surface area (Å²) in [7, 11) is 0. The second-order valence-electron chi connectivity index (χ2n) is 4.39. The smallest absolute Gasteiger partial charge is 0.0570 e. The Labute approximate surface area is 93.1 Å². The van der Waals surface area contributed by atoms with Gasteiger partial charge in [0, 0.05) is 18.3 Å². The summed E-state index contributed by atoms with van der Waals surface area (Å²) in [6.07, 6.45) is 4.16. The van der Waals surface area contributed by atoms with Crippen LogP contribution in [0.1, 0.15) is 44.9 Å². The topological polar surface area (TPSA) is 24.9 Å². The quantitative estimate of drug-likeness (QED) is 0.801. The molecule has 2 heteroatoms. The molecule has 0 radical (unpaired) electrons. The lowest BCUT2D eigenvalue weighted by Gasteiger charge is -2.28. The van der Waals surface area contributed by atoms with Crippen LogP contribution < -0.4 is 5.32 Å². The van der Waals surface area contributed by atoms with E-state index >= 15 is 0 Å². The minimum absolute atomic E-state index is 0.240. The van der Waals surface area contributed by atoms with Gasteiger partial charge in [-0.1, -0.05) is 19.9 Å². The van der Waals surface area contributed by atoms with E-state index in [2.05, 4.69) is 44.1 Å². The second-order valence-corrected chi connectivity index (χ2v) is 4.39. The molecule has 1 N–H and O–H groups in total. The van der Waals surface area contributed by atoms with Gasteiger partial charge in [-0.05, 0) is 38.3 Å². The lowest BCUT2D eigenvalue weighted by molar-refractivity contribution is 0.327. The maximum Gasteiger partial charge on any atom is 0.0570 e. The van der Waals surface area contributed by atoms with Crippen molar-refractivity contribution in [1.82, 2.24) is 10.3 Å². The highest BCUT2D eigenvalue weighted by Crippen LogP contribution is 2.14. The van der Waals surface area contributed by atoms with Crippen molar-refractivity contribution >= 4 is 0 Å². The molecular weight excluding hydrogens is 184 g/mol. The first-order valence-corrected chi connectivity index (χ1v) is 5.77. The van der Waals surface area contributed by atoms with E-state index < -0.39 is 0 Å². The fourth-order valence-corrected chi connectivity index (χ4v) is 1.50. The van der Waals surface area contributed by atoms with Crippen LogP contribution in [0.3, 0.4) is 0 Å². The fraction of sp³-hybridized carbons (Fsp3) is 0.615. The van der Waals surface area contributed by atoms with Gasteiger partial charge in [0.05, 0.1) is 5.69 Å². The van der Waals surface area contributed by atoms with Gasteiger partial charge < -0.3 is 5.32 Å². The second kappa shape index (κ2) is 5.26. The largest absolute Gasteiger partial charge is 0.306 e. The molecule has 1 rings (SSSR count). The minimum Gasteiger partial charge on any atom is -0.306 e. The first-order chi connectivity index (χ1) is 7.11. The van der Waals surface area contributed by atoms with Crippen LogP contribution in [0.2, 0.25) is 0 Å². The van der Waals surface area contributed by atoms with Crippen molar-refractivity contribution < 1.29 is 0 Å². The number of hydrogen-bond donors (Lipinski definition) is 1. The Hall–Kier alpha value is -0.890. The molecule has 0 aliphatic heterocycles. The summed E-state index contributed by atoms with van der Waals surface area (Å²) in [5.74, 6) is 0. The molecule has 1 aromatic heterocycles. The monoisotopic (exact) mass is 206 g/mol. The Bertz CT molecular complexity index is 303. The molecule has 0 bridgehead atoms. The Morgan fingerprint density at radius 2 is 2.00 bits per heavy atom. The molecule has 1 aromatic rings. The van der Waals surface area contributed by atoms with Crippen molar-refractivity contribution in [2.24, 2.45) is 0 Å². The third kappa shape index (κ3) is 3.31. The van der Waals surface area contributed by atoms with Crippen LogP contribution in [0.25, 0.3) is 0 Å². The molecule has 0 atom stereocenters. The number of aromatic nitrogens is 1. The van der Waals surface area contributed by atoms with E-state index in [1.165, 1.54) is 5.56 Å². The van der Waals surface area contributed by atoms with Gasteiger partial charge in [0.25, 0.3) is 0 Å². The summed E-state index contributed by atoms with van der Waals surface area (Å²) < 4.78 is 0. The van der Waals surface area contributed by atoms with Gasteiger partial charge in [-0.3, -0.25) is 4.98 Å². The summed E-state index contributed by atoms with van der Waals surface area (Å²) in [5.41, 5.74) is 2.66. The molecule has 0 fully saturated rings. The highest BCUT2D eigenvalue weighted by Gasteiger charge is 2.18. The Morgan fingerprint density at radius 3 is 2.53 bits per heavy atom. The SMILES string of the molecule is CCC(C)(CC)NCc1ncccc1C. The molecule has 0 unspecified atom stereocenters. The lowest BCUT2D eigenvalue weighted by Crippen LogP contribution is -2.40. The van der Waals surface area contributed by atoms with E-state index in [1.54, 1.807) is 0 Å². The summed E-state index contributed by atoms with van der Waals surface area (Å²) >= 11 is 0. The first kappa shape index (κ1) is 12.2. The average molecular weight is 206 g/mol. The van der Waals surface area contributed by atoms with Gasteiger partial charge >= 0.3 is 0 Å². The van der Waals surface area contributed by atoms with Crippen LogP contribution in [-0.2, 0) is 6.54 Å². The van der Waals surface area contributed by atoms with Crippen molar-refractivity contribution in [2.45, 2.75) is 52.6 Å². The molecule has 0 amide bonds. The summed E-state index contributed by atoms with van der Waals surface area (Å²) in [6.45, 7) is 9.69. The van der Waals surface area contributed by atoms with Crippen molar-refractivity contribution in [1.29, 1.82) is 0 Å². The van der Waals surface area contributed by atoms with Gasteiger partial charge in [-0.2, -0.15) is 0 Å². The standard InChI is InChI=1S/C13H22N2/c1-5-13(4,6-2)15-10-12-11(3)8-7-9-14-12/h7-9,15H,5-6,10H2,1-4H3. The minimum atomic E-state index is 0.240. The summed E-state index contributed by atoms with van der Waals surface area (Å²) in [6, 6.07) is 4.09. The Morgan fingerprint density at radius 1 is 1.33 bits per heavy atom. The molecule has 2 nitrogen and oxygen atoms in total.